The standard InChI is InChI=1S/C23H16ClN7/c1-13-3-4-14(9-25)7-19(13)31-21-17-8-15(22-28-10-16(24)11-29-22)5-6-18(17)27-12-20(21)30(2)23(31)26/h3-8,10-12,26H,1-2H3. The number of halogens is 1. The predicted octanol–water partition coefficient (Wildman–Crippen LogP) is 4.29. The fraction of sp³-hybridized carbons (Fsp3) is 0.0870. The molecule has 31 heavy (non-hydrogen) atoms. The number of nitrogens with zero attached hydrogens (tertiary/aromatic N) is 6. The Bertz CT molecular complexity index is 1590. The van der Waals surface area contributed by atoms with Crippen LogP contribution in [-0.4, -0.2) is 24.1 Å². The molecule has 0 fully saturated rings. The van der Waals surface area contributed by atoms with Crippen LogP contribution in [0.15, 0.2) is 55.0 Å². The minimum Gasteiger partial charge on any atom is -0.312 e. The Morgan fingerprint density at radius 1 is 1.03 bits per heavy atom. The number of fused-ring (bicyclic) bond motifs is 3. The first-order valence-electron chi connectivity index (χ1n) is 9.52. The molecule has 5 rings (SSSR count). The molecule has 8 heteroatoms. The van der Waals surface area contributed by atoms with Crippen molar-refractivity contribution in [1.29, 1.82) is 10.7 Å². The molecular formula is C23H16ClN7. The lowest BCUT2D eigenvalue weighted by atomic mass is 10.1. The van der Waals surface area contributed by atoms with Gasteiger partial charge in [-0.2, -0.15) is 5.26 Å². The van der Waals surface area contributed by atoms with Gasteiger partial charge in [0.1, 0.15) is 0 Å². The largest absolute Gasteiger partial charge is 0.312 e. The number of pyridine rings is 1. The fourth-order valence-electron chi connectivity index (χ4n) is 3.77. The van der Waals surface area contributed by atoms with E-state index in [-0.39, 0.29) is 5.62 Å². The molecule has 2 aromatic carbocycles. The van der Waals surface area contributed by atoms with Crippen LogP contribution in [-0.2, 0) is 7.05 Å². The molecule has 3 heterocycles. The average Bonchev–Trinajstić information content (AvgIpc) is 3.05. The highest BCUT2D eigenvalue weighted by molar-refractivity contribution is 6.30. The Hall–Kier alpha value is -4.02. The van der Waals surface area contributed by atoms with Crippen LogP contribution in [0.1, 0.15) is 11.1 Å². The lowest BCUT2D eigenvalue weighted by Gasteiger charge is -2.11. The third kappa shape index (κ3) is 2.97. The van der Waals surface area contributed by atoms with Gasteiger partial charge in [-0.25, -0.2) is 9.97 Å². The van der Waals surface area contributed by atoms with E-state index in [9.17, 15) is 5.26 Å². The maximum atomic E-state index is 9.40. The number of hydrogen-bond acceptors (Lipinski definition) is 5. The molecule has 0 spiro atoms. The fourth-order valence-corrected chi connectivity index (χ4v) is 3.87. The number of nitrogens with one attached hydrogen (secondary N) is 1. The van der Waals surface area contributed by atoms with E-state index in [0.717, 1.165) is 38.8 Å². The summed E-state index contributed by atoms with van der Waals surface area (Å²) in [5.74, 6) is 0.555. The summed E-state index contributed by atoms with van der Waals surface area (Å²) in [5, 5.41) is 19.5. The summed E-state index contributed by atoms with van der Waals surface area (Å²) in [6, 6.07) is 13.5. The first-order valence-corrected chi connectivity index (χ1v) is 9.89. The molecule has 150 valence electrons. The van der Waals surface area contributed by atoms with Crippen molar-refractivity contribution in [2.24, 2.45) is 7.05 Å². The highest BCUT2D eigenvalue weighted by atomic mass is 35.5. The van der Waals surface area contributed by atoms with Gasteiger partial charge in [-0.3, -0.25) is 15.0 Å². The van der Waals surface area contributed by atoms with Gasteiger partial charge in [-0.05, 0) is 42.8 Å². The molecule has 5 aromatic rings. The topological polar surface area (TPSA) is 96.2 Å². The van der Waals surface area contributed by atoms with Crippen molar-refractivity contribution in [2.75, 3.05) is 0 Å². The van der Waals surface area contributed by atoms with E-state index >= 15 is 0 Å². The van der Waals surface area contributed by atoms with Crippen molar-refractivity contribution in [1.82, 2.24) is 24.1 Å². The second kappa shape index (κ2) is 7.04. The number of nitriles is 1. The average molecular weight is 426 g/mol. The lowest BCUT2D eigenvalue weighted by molar-refractivity contribution is 0.786. The molecule has 7 nitrogen and oxygen atoms in total. The third-order valence-corrected chi connectivity index (χ3v) is 5.59. The van der Waals surface area contributed by atoms with Gasteiger partial charge in [0.25, 0.3) is 0 Å². The summed E-state index contributed by atoms with van der Waals surface area (Å²) >= 11 is 5.94. The Morgan fingerprint density at radius 3 is 2.55 bits per heavy atom. The summed E-state index contributed by atoms with van der Waals surface area (Å²) < 4.78 is 3.65. The van der Waals surface area contributed by atoms with E-state index in [1.165, 1.54) is 0 Å². The van der Waals surface area contributed by atoms with Crippen molar-refractivity contribution >= 4 is 33.5 Å². The van der Waals surface area contributed by atoms with Crippen molar-refractivity contribution < 1.29 is 0 Å². The highest BCUT2D eigenvalue weighted by Gasteiger charge is 2.17. The van der Waals surface area contributed by atoms with E-state index in [0.29, 0.717) is 16.4 Å². The zero-order valence-corrected chi connectivity index (χ0v) is 17.5. The zero-order chi connectivity index (χ0) is 21.7. The maximum Gasteiger partial charge on any atom is 0.207 e. The molecule has 0 radical (unpaired) electrons. The molecule has 0 amide bonds. The quantitative estimate of drug-likeness (QED) is 0.456. The van der Waals surface area contributed by atoms with E-state index in [1.807, 2.05) is 48.9 Å². The zero-order valence-electron chi connectivity index (χ0n) is 16.8. The van der Waals surface area contributed by atoms with Crippen LogP contribution in [0.4, 0.5) is 0 Å². The molecule has 0 aliphatic rings. The number of imidazole rings is 1. The van der Waals surface area contributed by atoms with Gasteiger partial charge in [0.05, 0.1) is 45.1 Å². The molecule has 0 saturated heterocycles. The van der Waals surface area contributed by atoms with Gasteiger partial charge in [0, 0.05) is 30.4 Å². The van der Waals surface area contributed by atoms with E-state index in [1.54, 1.807) is 29.2 Å². The molecule has 0 atom stereocenters. The van der Waals surface area contributed by atoms with E-state index in [4.69, 9.17) is 17.0 Å². The summed E-state index contributed by atoms with van der Waals surface area (Å²) in [5.41, 5.74) is 5.85. The van der Waals surface area contributed by atoms with Gasteiger partial charge in [0.15, 0.2) is 5.82 Å². The molecule has 1 N–H and O–H groups in total. The van der Waals surface area contributed by atoms with Gasteiger partial charge in [-0.1, -0.05) is 17.7 Å². The lowest BCUT2D eigenvalue weighted by Crippen LogP contribution is -2.21. The number of aromatic nitrogens is 5. The maximum absolute atomic E-state index is 9.40. The Balaban J connectivity index is 1.89. The van der Waals surface area contributed by atoms with Crippen LogP contribution < -0.4 is 5.62 Å². The minimum atomic E-state index is 0.288. The van der Waals surface area contributed by atoms with E-state index in [2.05, 4.69) is 21.0 Å². The Morgan fingerprint density at radius 2 is 1.81 bits per heavy atom. The van der Waals surface area contributed by atoms with Gasteiger partial charge >= 0.3 is 0 Å². The van der Waals surface area contributed by atoms with Crippen molar-refractivity contribution in [3.05, 3.63) is 76.8 Å². The van der Waals surface area contributed by atoms with Crippen molar-refractivity contribution in [2.45, 2.75) is 6.92 Å². The summed E-state index contributed by atoms with van der Waals surface area (Å²) in [6.07, 6.45) is 4.90. The number of aryl methyl sites for hydroxylation is 2. The van der Waals surface area contributed by atoms with Crippen molar-refractivity contribution in [3.63, 3.8) is 0 Å². The molecule has 0 bridgehead atoms. The van der Waals surface area contributed by atoms with Crippen LogP contribution in [0.25, 0.3) is 39.0 Å². The van der Waals surface area contributed by atoms with Crippen LogP contribution in [0.2, 0.25) is 5.02 Å². The Labute approximate surface area is 182 Å². The molecule has 0 saturated carbocycles. The first-order chi connectivity index (χ1) is 15.0. The SMILES string of the molecule is Cc1ccc(C#N)cc1-n1c(=N)n(C)c2cnc3ccc(-c4ncc(Cl)cn4)cc3c21. The molecule has 3 aromatic heterocycles. The normalized spacial score (nSPS) is 11.2. The van der Waals surface area contributed by atoms with Gasteiger partial charge < -0.3 is 4.57 Å². The number of hydrogen-bond donors (Lipinski definition) is 1. The third-order valence-electron chi connectivity index (χ3n) is 5.39. The number of benzene rings is 2. The summed E-state index contributed by atoms with van der Waals surface area (Å²) in [6.45, 7) is 1.97. The predicted molar refractivity (Wildman–Crippen MR) is 119 cm³/mol. The van der Waals surface area contributed by atoms with Crippen LogP contribution in [0, 0.1) is 23.7 Å². The smallest absolute Gasteiger partial charge is 0.207 e. The molecule has 0 unspecified atom stereocenters. The minimum absolute atomic E-state index is 0.288. The Kier molecular flexibility index (Phi) is 4.31. The van der Waals surface area contributed by atoms with Crippen molar-refractivity contribution in [3.8, 4) is 23.1 Å². The second-order valence-electron chi connectivity index (χ2n) is 7.28. The van der Waals surface area contributed by atoms with Crippen LogP contribution in [0.5, 0.6) is 0 Å². The molecule has 0 aliphatic carbocycles. The number of rotatable bonds is 2. The first kappa shape index (κ1) is 19.0. The van der Waals surface area contributed by atoms with Crippen LogP contribution in [0.3, 0.4) is 0 Å². The van der Waals surface area contributed by atoms with E-state index < -0.39 is 0 Å². The van der Waals surface area contributed by atoms with Crippen LogP contribution >= 0.6 is 11.6 Å². The molecular weight excluding hydrogens is 410 g/mol. The van der Waals surface area contributed by atoms with Gasteiger partial charge in [0.2, 0.25) is 5.62 Å². The monoisotopic (exact) mass is 425 g/mol. The summed E-state index contributed by atoms with van der Waals surface area (Å²) in [4.78, 5) is 13.2. The highest BCUT2D eigenvalue weighted by Crippen LogP contribution is 2.29. The second-order valence-corrected chi connectivity index (χ2v) is 7.72. The molecule has 0 aliphatic heterocycles. The summed E-state index contributed by atoms with van der Waals surface area (Å²) in [7, 11) is 1.84. The van der Waals surface area contributed by atoms with Gasteiger partial charge in [-0.15, -0.1) is 0 Å².